The van der Waals surface area contributed by atoms with E-state index < -0.39 is 79.9 Å². The quantitative estimate of drug-likeness (QED) is 0.0730. The number of hydrogen-bond donors (Lipinski definition) is 0. The fraction of sp³-hybridized carbons (Fsp3) is 0.619. The lowest BCUT2D eigenvalue weighted by Crippen LogP contribution is -2.83. The first-order valence-electron chi connectivity index (χ1n) is 29.2. The molecule has 0 nitrogen and oxygen atoms in total. The summed E-state index contributed by atoms with van der Waals surface area (Å²) < 4.78 is 0.253. The molecule has 0 heterocycles. The standard InChI is InChI=1S/C63H116BClSi10/c1-45-37-48(4)57(49(5)38-45)64(58-50(6)39-46(2)40-51(58)7)75(65,59-52(8)41-47(3)42-53(59)9)60-55(62(69(19,20)21,70(22,23)24)71(25,26)27)43-54(61(66(10,11)12,67(13,14)15)68(16,17)18)44-56(60)63(72(28,29)30,73(31,32)33)74(34,35)36/h37-44H,1-36H3. The molecule has 0 saturated carbocycles. The number of halogens is 1. The Bertz CT molecular complexity index is 2490. The summed E-state index contributed by atoms with van der Waals surface area (Å²) in [5.74, 6) is 0. The second-order valence-corrected chi connectivity index (χ2v) is 90.5. The van der Waals surface area contributed by atoms with E-state index in [0.29, 0.717) is 0 Å². The van der Waals surface area contributed by atoms with Crippen LogP contribution < -0.4 is 21.3 Å². The van der Waals surface area contributed by atoms with Crippen LogP contribution in [0.4, 0.5) is 0 Å². The lowest BCUT2D eigenvalue weighted by molar-refractivity contribution is 0.949. The second-order valence-electron chi connectivity index (χ2n) is 34.0. The Morgan fingerprint density at radius 2 is 0.480 bits per heavy atom. The zero-order valence-corrected chi connectivity index (χ0v) is 66.8. The Morgan fingerprint density at radius 1 is 0.280 bits per heavy atom. The average Bonchev–Trinajstić information content (AvgIpc) is 3.07. The molecule has 75 heavy (non-hydrogen) atoms. The van der Waals surface area contributed by atoms with Gasteiger partial charge in [0.05, 0.1) is 0 Å². The molecule has 0 aliphatic carbocycles. The minimum absolute atomic E-state index is 0.0418. The zero-order valence-electron chi connectivity index (χ0n) is 56.1. The molecule has 0 aliphatic heterocycles. The van der Waals surface area contributed by atoms with Crippen molar-refractivity contribution in [1.82, 2.24) is 0 Å². The molecule has 0 aromatic heterocycles. The summed E-state index contributed by atoms with van der Waals surface area (Å²) in [5, 5.41) is 3.20. The van der Waals surface area contributed by atoms with Crippen LogP contribution in [-0.2, 0) is 12.9 Å². The van der Waals surface area contributed by atoms with Crippen LogP contribution in [0.25, 0.3) is 0 Å². The van der Waals surface area contributed by atoms with Crippen molar-refractivity contribution < 1.29 is 0 Å². The molecule has 0 N–H and O–H groups in total. The lowest BCUT2D eigenvalue weighted by atomic mass is 9.55. The van der Waals surface area contributed by atoms with Crippen LogP contribution in [0.2, 0.25) is 177 Å². The number of hydrogen-bond acceptors (Lipinski definition) is 0. The maximum atomic E-state index is 10.5. The third-order valence-corrected chi connectivity index (χ3v) is 88.5. The van der Waals surface area contributed by atoms with Crippen molar-refractivity contribution >= 4 is 119 Å². The minimum Gasteiger partial charge on any atom is -0.163 e. The first-order chi connectivity index (χ1) is 33.0. The summed E-state index contributed by atoms with van der Waals surface area (Å²) in [6.07, 6.45) is -0.0511. The maximum absolute atomic E-state index is 10.5. The van der Waals surface area contributed by atoms with Crippen molar-refractivity contribution in [3.05, 3.63) is 115 Å². The first-order valence-corrected chi connectivity index (χ1v) is 63.8. The highest BCUT2D eigenvalue weighted by Gasteiger charge is 2.70. The summed E-state index contributed by atoms with van der Waals surface area (Å²) >= 11 is 10.5. The monoisotopic (exact) mass is 1200 g/mol. The average molecular weight is 1200 g/mol. The number of rotatable bonds is 17. The SMILES string of the molecule is Cc1cc(C)c(B(c2c(C)cc(C)cc2C)[Si](Cl)(c2c(C)cc(C)cc2C)c2c(C([Si](C)(C)C)([Si](C)(C)C)[Si](C)(C)C)cc(C([Si](C)(C)C)([Si](C)(C)C)[Si](C)(C)C)cc2C([Si](C)(C)C)([Si](C)(C)C)[Si](C)(C)C)c(C)c1. The smallest absolute Gasteiger partial charge is 0.163 e. The molecule has 0 spiro atoms. The van der Waals surface area contributed by atoms with E-state index in [1.54, 1.807) is 21.9 Å². The molecule has 0 aliphatic rings. The van der Waals surface area contributed by atoms with Gasteiger partial charge in [0.15, 0.2) is 7.25 Å². The molecule has 4 aromatic carbocycles. The second kappa shape index (κ2) is 20.7. The van der Waals surface area contributed by atoms with Gasteiger partial charge < -0.3 is 0 Å². The van der Waals surface area contributed by atoms with Gasteiger partial charge in [-0.25, -0.2) is 0 Å². The summed E-state index contributed by atoms with van der Waals surface area (Å²) in [6.45, 7) is 98.1. The molecule has 0 fully saturated rings. The van der Waals surface area contributed by atoms with Crippen molar-refractivity contribution in [2.75, 3.05) is 0 Å². The van der Waals surface area contributed by atoms with Crippen molar-refractivity contribution in [2.45, 2.75) is 252 Å². The molecular formula is C63H116BClSi10. The summed E-state index contributed by atoms with van der Waals surface area (Å²) in [6, 6.07) is 21.4. The fourth-order valence-corrected chi connectivity index (χ4v) is 120. The largest absolute Gasteiger partial charge is 0.232 e. The van der Waals surface area contributed by atoms with Crippen LogP contribution >= 0.6 is 11.1 Å². The van der Waals surface area contributed by atoms with E-state index in [1.165, 1.54) is 66.2 Å². The van der Waals surface area contributed by atoms with Gasteiger partial charge in [0.1, 0.15) is 0 Å². The zero-order chi connectivity index (χ0) is 59.0. The predicted molar refractivity (Wildman–Crippen MR) is 379 cm³/mol. The van der Waals surface area contributed by atoms with E-state index in [2.05, 4.69) is 288 Å². The molecule has 0 radical (unpaired) electrons. The van der Waals surface area contributed by atoms with E-state index in [0.717, 1.165) is 0 Å². The van der Waals surface area contributed by atoms with Crippen LogP contribution in [0.15, 0.2) is 48.5 Å². The van der Waals surface area contributed by atoms with E-state index in [1.807, 2.05) is 0 Å². The highest BCUT2D eigenvalue weighted by molar-refractivity contribution is 7.68. The van der Waals surface area contributed by atoms with Gasteiger partial charge in [-0.1, -0.05) is 286 Å². The third-order valence-electron chi connectivity index (χ3n) is 19.4. The summed E-state index contributed by atoms with van der Waals surface area (Å²) in [5.41, 5.74) is 20.7. The summed E-state index contributed by atoms with van der Waals surface area (Å²) in [4.78, 5) is 0. The van der Waals surface area contributed by atoms with E-state index in [4.69, 9.17) is 0 Å². The highest BCUT2D eigenvalue weighted by Crippen LogP contribution is 2.57. The van der Waals surface area contributed by atoms with Crippen molar-refractivity contribution in [2.24, 2.45) is 0 Å². The van der Waals surface area contributed by atoms with Gasteiger partial charge in [-0.3, -0.25) is 0 Å². The molecule has 1 atom stereocenters. The topological polar surface area (TPSA) is 0 Å². The summed E-state index contributed by atoms with van der Waals surface area (Å²) in [7, 11) is -23.3. The Labute approximate surface area is 481 Å². The molecule has 12 heteroatoms. The first kappa shape index (κ1) is 66.9. The van der Waals surface area contributed by atoms with Crippen molar-refractivity contribution in [3.8, 4) is 0 Å². The molecule has 4 aromatic rings. The van der Waals surface area contributed by atoms with Crippen LogP contribution in [0.5, 0.6) is 0 Å². The number of aryl methyl sites for hydroxylation is 9. The molecule has 418 valence electrons. The highest BCUT2D eigenvalue weighted by atomic mass is 35.6. The van der Waals surface area contributed by atoms with E-state index in [-0.39, 0.29) is 19.2 Å². The molecule has 0 saturated heterocycles. The van der Waals surface area contributed by atoms with Gasteiger partial charge in [0.25, 0.3) is 0 Å². The van der Waals surface area contributed by atoms with Crippen molar-refractivity contribution in [3.63, 3.8) is 0 Å². The molecule has 4 rings (SSSR count). The Kier molecular flexibility index (Phi) is 18.5. The van der Waals surface area contributed by atoms with Crippen LogP contribution in [0, 0.1) is 62.3 Å². The fourth-order valence-electron chi connectivity index (χ4n) is 21.7. The van der Waals surface area contributed by atoms with Crippen LogP contribution in [0.3, 0.4) is 0 Å². The third kappa shape index (κ3) is 10.5. The normalized spacial score (nSPS) is 15.4. The van der Waals surface area contributed by atoms with E-state index in [9.17, 15) is 11.1 Å². The maximum Gasteiger partial charge on any atom is 0.232 e. The molecule has 0 bridgehead atoms. The van der Waals surface area contributed by atoms with Gasteiger partial charge >= 0.3 is 0 Å². The Balaban J connectivity index is 3.07. The predicted octanol–water partition coefficient (Wildman–Crippen LogP) is 17.8. The Hall–Kier alpha value is -0.596. The molecule has 1 unspecified atom stereocenters. The minimum atomic E-state index is -3.75. The van der Waals surface area contributed by atoms with Crippen molar-refractivity contribution in [1.29, 1.82) is 0 Å². The van der Waals surface area contributed by atoms with Gasteiger partial charge in [-0.15, -0.1) is 0 Å². The van der Waals surface area contributed by atoms with Crippen LogP contribution in [0.1, 0.15) is 66.8 Å². The van der Waals surface area contributed by atoms with E-state index >= 15 is 0 Å². The molecular weight excluding hydrogens is 1080 g/mol. The van der Waals surface area contributed by atoms with Gasteiger partial charge in [-0.2, -0.15) is 11.1 Å². The molecule has 0 amide bonds. The van der Waals surface area contributed by atoms with Gasteiger partial charge in [0, 0.05) is 72.7 Å². The van der Waals surface area contributed by atoms with Gasteiger partial charge in [-0.05, 0) is 102 Å². The Morgan fingerprint density at radius 3 is 0.680 bits per heavy atom. The number of benzene rings is 4. The lowest BCUT2D eigenvalue weighted by Gasteiger charge is -2.65. The van der Waals surface area contributed by atoms with Crippen LogP contribution in [-0.4, -0.2) is 86.2 Å². The van der Waals surface area contributed by atoms with Gasteiger partial charge in [0.2, 0.25) is 6.31 Å².